The smallest absolute Gasteiger partial charge is 0.326 e. The minimum absolute atomic E-state index is 0.0692. The summed E-state index contributed by atoms with van der Waals surface area (Å²) >= 11 is 6.01. The molecular weight excluding hydrogens is 445 g/mol. The van der Waals surface area contributed by atoms with Crippen LogP contribution in [0.4, 0.5) is 18.9 Å². The zero-order valence-corrected chi connectivity index (χ0v) is 16.6. The van der Waals surface area contributed by atoms with Crippen LogP contribution in [0.3, 0.4) is 0 Å². The first kappa shape index (κ1) is 21.8. The molecule has 0 fully saturated rings. The van der Waals surface area contributed by atoms with Crippen LogP contribution in [-0.4, -0.2) is 24.1 Å². The van der Waals surface area contributed by atoms with Gasteiger partial charge in [0.1, 0.15) is 4.90 Å². The minimum atomic E-state index is -4.65. The van der Waals surface area contributed by atoms with E-state index in [4.69, 9.17) is 16.7 Å². The summed E-state index contributed by atoms with van der Waals surface area (Å²) in [6, 6.07) is 10.3. The number of carbonyl (C=O) groups excluding carboxylic acids is 1. The van der Waals surface area contributed by atoms with E-state index in [-0.39, 0.29) is 17.8 Å². The van der Waals surface area contributed by atoms with Crippen LogP contribution < -0.4 is 10.5 Å². The number of hydrogen-bond acceptors (Lipinski definition) is 4. The maximum absolute atomic E-state index is 12.8. The number of rotatable bonds is 5. The standard InChI is InChI=1S/C18H14ClF3N4O3S/c19-14-4-2-1-3-11(14)7-17(27)25-13-5-6-15(16(8-13)30(23,28)29)26-10-12(9-24-26)18(20,21)22/h1-6,8-10H,7H2,(H,25,27)(H2,23,28,29). The molecule has 0 aliphatic heterocycles. The Kier molecular flexibility index (Phi) is 5.88. The number of nitrogens with two attached hydrogens (primary N) is 1. The van der Waals surface area contributed by atoms with Crippen molar-refractivity contribution in [2.75, 3.05) is 5.32 Å². The number of benzene rings is 2. The number of amides is 1. The first-order valence-corrected chi connectivity index (χ1v) is 10.2. The predicted molar refractivity (Wildman–Crippen MR) is 104 cm³/mol. The van der Waals surface area contributed by atoms with Crippen molar-refractivity contribution >= 4 is 33.2 Å². The summed E-state index contributed by atoms with van der Waals surface area (Å²) in [6.07, 6.45) is -3.52. The van der Waals surface area contributed by atoms with Gasteiger partial charge in [0, 0.05) is 16.9 Å². The van der Waals surface area contributed by atoms with E-state index in [9.17, 15) is 26.4 Å². The van der Waals surface area contributed by atoms with Gasteiger partial charge in [-0.25, -0.2) is 18.2 Å². The minimum Gasteiger partial charge on any atom is -0.326 e. The molecule has 0 saturated heterocycles. The molecule has 0 aliphatic carbocycles. The third-order valence-corrected chi connectivity index (χ3v) is 5.32. The van der Waals surface area contributed by atoms with Gasteiger partial charge in [0.15, 0.2) is 0 Å². The maximum atomic E-state index is 12.8. The van der Waals surface area contributed by atoms with Crippen molar-refractivity contribution in [2.45, 2.75) is 17.5 Å². The molecule has 30 heavy (non-hydrogen) atoms. The lowest BCUT2D eigenvalue weighted by Crippen LogP contribution is -2.18. The summed E-state index contributed by atoms with van der Waals surface area (Å²) in [6.45, 7) is 0. The van der Waals surface area contributed by atoms with Crippen LogP contribution in [0.25, 0.3) is 5.69 Å². The number of hydrogen-bond donors (Lipinski definition) is 2. The number of sulfonamides is 1. The molecule has 12 heteroatoms. The molecule has 0 radical (unpaired) electrons. The number of primary sulfonamides is 1. The van der Waals surface area contributed by atoms with E-state index in [1.54, 1.807) is 24.3 Å². The molecular formula is C18H14ClF3N4O3S. The number of anilines is 1. The number of nitrogens with one attached hydrogen (secondary N) is 1. The average molecular weight is 459 g/mol. The zero-order chi connectivity index (χ0) is 22.1. The summed E-state index contributed by atoms with van der Waals surface area (Å²) in [4.78, 5) is 11.8. The largest absolute Gasteiger partial charge is 0.419 e. The lowest BCUT2D eigenvalue weighted by molar-refractivity contribution is -0.137. The number of alkyl halides is 3. The van der Waals surface area contributed by atoms with E-state index in [1.165, 1.54) is 12.1 Å². The molecule has 0 unspecified atom stereocenters. The average Bonchev–Trinajstić information content (AvgIpc) is 3.13. The van der Waals surface area contributed by atoms with Gasteiger partial charge in [-0.15, -0.1) is 0 Å². The molecule has 0 atom stereocenters. The third-order valence-electron chi connectivity index (χ3n) is 4.02. The second-order valence-corrected chi connectivity index (χ2v) is 8.15. The van der Waals surface area contributed by atoms with Crippen molar-refractivity contribution in [1.82, 2.24) is 9.78 Å². The monoisotopic (exact) mass is 458 g/mol. The first-order chi connectivity index (χ1) is 13.9. The maximum Gasteiger partial charge on any atom is 0.419 e. The molecule has 0 spiro atoms. The van der Waals surface area contributed by atoms with Crippen molar-refractivity contribution in [2.24, 2.45) is 5.14 Å². The molecule has 3 rings (SSSR count). The van der Waals surface area contributed by atoms with Crippen molar-refractivity contribution in [1.29, 1.82) is 0 Å². The van der Waals surface area contributed by atoms with Crippen LogP contribution in [0.15, 0.2) is 59.8 Å². The molecule has 3 aromatic rings. The molecule has 0 bridgehead atoms. The van der Waals surface area contributed by atoms with Gasteiger partial charge in [0.2, 0.25) is 15.9 Å². The van der Waals surface area contributed by atoms with Crippen LogP contribution in [0.1, 0.15) is 11.1 Å². The van der Waals surface area contributed by atoms with E-state index in [2.05, 4.69) is 10.4 Å². The van der Waals surface area contributed by atoms with E-state index < -0.39 is 32.6 Å². The highest BCUT2D eigenvalue weighted by molar-refractivity contribution is 7.89. The quantitative estimate of drug-likeness (QED) is 0.611. The fraction of sp³-hybridized carbons (Fsp3) is 0.111. The Labute approximate surface area is 174 Å². The Hall–Kier alpha value is -2.89. The second-order valence-electron chi connectivity index (χ2n) is 6.22. The van der Waals surface area contributed by atoms with E-state index >= 15 is 0 Å². The van der Waals surface area contributed by atoms with Crippen molar-refractivity contribution in [3.8, 4) is 5.69 Å². The van der Waals surface area contributed by atoms with Crippen LogP contribution in [0, 0.1) is 0 Å². The Balaban J connectivity index is 1.91. The molecule has 0 saturated carbocycles. The third kappa shape index (κ3) is 4.99. The molecule has 1 aromatic heterocycles. The molecule has 1 heterocycles. The van der Waals surface area contributed by atoms with Crippen LogP contribution in [0.2, 0.25) is 5.02 Å². The highest BCUT2D eigenvalue weighted by Crippen LogP contribution is 2.30. The number of halogens is 4. The predicted octanol–water partition coefficient (Wildman–Crippen LogP) is 3.37. The van der Waals surface area contributed by atoms with Gasteiger partial charge in [-0.05, 0) is 29.8 Å². The molecule has 3 N–H and O–H groups in total. The Bertz CT molecular complexity index is 1210. The zero-order valence-electron chi connectivity index (χ0n) is 15.0. The topological polar surface area (TPSA) is 107 Å². The Morgan fingerprint density at radius 2 is 1.90 bits per heavy atom. The first-order valence-electron chi connectivity index (χ1n) is 8.27. The van der Waals surface area contributed by atoms with Crippen molar-refractivity contribution < 1.29 is 26.4 Å². The fourth-order valence-electron chi connectivity index (χ4n) is 2.63. The number of nitrogens with zero attached hydrogens (tertiary/aromatic N) is 2. The van der Waals surface area contributed by atoms with Crippen LogP contribution in [0.5, 0.6) is 0 Å². The van der Waals surface area contributed by atoms with Gasteiger partial charge in [-0.3, -0.25) is 4.79 Å². The normalized spacial score (nSPS) is 12.0. The second kappa shape index (κ2) is 8.09. The van der Waals surface area contributed by atoms with E-state index in [0.717, 1.165) is 10.7 Å². The van der Waals surface area contributed by atoms with E-state index in [1.807, 2.05) is 0 Å². The highest BCUT2D eigenvalue weighted by Gasteiger charge is 2.32. The van der Waals surface area contributed by atoms with Gasteiger partial charge < -0.3 is 5.32 Å². The molecule has 7 nitrogen and oxygen atoms in total. The van der Waals surface area contributed by atoms with Gasteiger partial charge in [-0.1, -0.05) is 29.8 Å². The Morgan fingerprint density at radius 3 is 2.50 bits per heavy atom. The van der Waals surface area contributed by atoms with Crippen LogP contribution in [-0.2, 0) is 27.4 Å². The van der Waals surface area contributed by atoms with Crippen molar-refractivity contribution in [3.63, 3.8) is 0 Å². The van der Waals surface area contributed by atoms with Gasteiger partial charge in [-0.2, -0.15) is 18.3 Å². The summed E-state index contributed by atoms with van der Waals surface area (Å²) in [7, 11) is -4.35. The molecule has 0 aliphatic rings. The summed E-state index contributed by atoms with van der Waals surface area (Å²) in [5.74, 6) is -0.477. The van der Waals surface area contributed by atoms with Gasteiger partial charge in [0.25, 0.3) is 0 Å². The van der Waals surface area contributed by atoms with Crippen LogP contribution >= 0.6 is 11.6 Å². The molecule has 2 aromatic carbocycles. The Morgan fingerprint density at radius 1 is 1.20 bits per heavy atom. The van der Waals surface area contributed by atoms with Gasteiger partial charge >= 0.3 is 6.18 Å². The summed E-state index contributed by atoms with van der Waals surface area (Å²) in [5, 5.41) is 11.7. The van der Waals surface area contributed by atoms with Crippen molar-refractivity contribution in [3.05, 3.63) is 71.0 Å². The molecule has 158 valence electrons. The lowest BCUT2D eigenvalue weighted by atomic mass is 10.1. The van der Waals surface area contributed by atoms with Gasteiger partial charge in [0.05, 0.1) is 23.9 Å². The molecule has 1 amide bonds. The highest BCUT2D eigenvalue weighted by atomic mass is 35.5. The fourth-order valence-corrected chi connectivity index (χ4v) is 3.58. The summed E-state index contributed by atoms with van der Waals surface area (Å²) in [5.41, 5.74) is -0.601. The number of aromatic nitrogens is 2. The summed E-state index contributed by atoms with van der Waals surface area (Å²) < 4.78 is 63.2. The lowest BCUT2D eigenvalue weighted by Gasteiger charge is -2.12. The number of carbonyl (C=O) groups is 1. The SMILES string of the molecule is NS(=O)(=O)c1cc(NC(=O)Cc2ccccc2Cl)ccc1-n1cc(C(F)(F)F)cn1. The van der Waals surface area contributed by atoms with E-state index in [0.29, 0.717) is 23.0 Å².